The van der Waals surface area contributed by atoms with Crippen LogP contribution >= 0.6 is 23.2 Å². The monoisotopic (exact) mass is 705 g/mol. The maximum absolute atomic E-state index is 13.4. The Morgan fingerprint density at radius 2 is 1.00 bits per heavy atom. The minimum absolute atomic E-state index is 0.0522. The third kappa shape index (κ3) is 7.24. The molecule has 1 aliphatic heterocycles. The van der Waals surface area contributed by atoms with E-state index >= 15 is 0 Å². The zero-order valence-corrected chi connectivity index (χ0v) is 27.5. The normalized spacial score (nSPS) is 13.3. The maximum Gasteiger partial charge on any atom is 0.339 e. The number of nitrogens with zero attached hydrogens (tertiary/aromatic N) is 1. The summed E-state index contributed by atoms with van der Waals surface area (Å²) >= 11 is 12.0. The summed E-state index contributed by atoms with van der Waals surface area (Å²) in [7, 11) is 0. The van der Waals surface area contributed by atoms with Gasteiger partial charge in [0.25, 0.3) is 11.8 Å². The number of carbonyl (C=O) groups is 6. The van der Waals surface area contributed by atoms with Crippen LogP contribution in [0.5, 0.6) is 0 Å². The number of halogens is 2. The predicted octanol–water partition coefficient (Wildman–Crippen LogP) is 7.54. The summed E-state index contributed by atoms with van der Waals surface area (Å²) in [6.45, 7) is -0.803. The Kier molecular flexibility index (Phi) is 9.99. The molecule has 9 nitrogen and oxygen atoms in total. The molecule has 0 radical (unpaired) electrons. The van der Waals surface area contributed by atoms with Crippen LogP contribution in [-0.2, 0) is 14.3 Å². The standard InChI is InChI=1S/C39H25Cl2NO8/c40-28-16-11-25(12-17-28)35(33(44)23-7-3-1-4-8-23)49-32(43)22-42-37(46)30-20-15-27(21-31(30)38(42)47)39(48)50-36(26-13-18-29(41)19-14-26)34(45)24-9-5-2-6-10-24/h1-21,35-36H,22H2/t35-,36+/m0/s1. The molecule has 248 valence electrons. The largest absolute Gasteiger partial charge is 0.448 e. The van der Waals surface area contributed by atoms with Gasteiger partial charge in [0.1, 0.15) is 6.54 Å². The van der Waals surface area contributed by atoms with Crippen LogP contribution in [0.3, 0.4) is 0 Å². The molecular weight excluding hydrogens is 681 g/mol. The lowest BCUT2D eigenvalue weighted by Gasteiger charge is -2.19. The topological polar surface area (TPSA) is 124 Å². The van der Waals surface area contributed by atoms with Crippen molar-refractivity contribution in [3.05, 3.63) is 176 Å². The lowest BCUT2D eigenvalue weighted by Crippen LogP contribution is -2.36. The first-order valence-corrected chi connectivity index (χ1v) is 16.0. The van der Waals surface area contributed by atoms with Crippen molar-refractivity contribution in [2.24, 2.45) is 0 Å². The fourth-order valence-electron chi connectivity index (χ4n) is 5.36. The number of benzene rings is 5. The summed E-state index contributed by atoms with van der Waals surface area (Å²) in [5, 5.41) is 0.827. The van der Waals surface area contributed by atoms with Crippen LogP contribution in [-0.4, -0.2) is 46.8 Å². The van der Waals surface area contributed by atoms with Gasteiger partial charge in [0, 0.05) is 32.3 Å². The van der Waals surface area contributed by atoms with Gasteiger partial charge in [-0.3, -0.25) is 28.9 Å². The van der Waals surface area contributed by atoms with Crippen LogP contribution in [0.2, 0.25) is 10.0 Å². The average molecular weight is 707 g/mol. The van der Waals surface area contributed by atoms with E-state index in [4.69, 9.17) is 32.7 Å². The van der Waals surface area contributed by atoms with E-state index < -0.39 is 54.1 Å². The van der Waals surface area contributed by atoms with Gasteiger partial charge < -0.3 is 9.47 Å². The highest BCUT2D eigenvalue weighted by molar-refractivity contribution is 6.31. The highest BCUT2D eigenvalue weighted by atomic mass is 35.5. The Hall–Kier alpha value is -5.90. The molecule has 5 aromatic carbocycles. The zero-order valence-electron chi connectivity index (χ0n) is 26.0. The lowest BCUT2D eigenvalue weighted by atomic mass is 9.99. The molecule has 0 aliphatic carbocycles. The van der Waals surface area contributed by atoms with E-state index in [2.05, 4.69) is 0 Å². The predicted molar refractivity (Wildman–Crippen MR) is 183 cm³/mol. The molecule has 2 amide bonds. The van der Waals surface area contributed by atoms with E-state index in [1.54, 1.807) is 84.9 Å². The van der Waals surface area contributed by atoms with Crippen molar-refractivity contribution >= 4 is 58.5 Å². The third-order valence-corrected chi connectivity index (χ3v) is 8.41. The SMILES string of the molecule is O=C(CN1C(=O)c2ccc(C(=O)O[C@@H](C(=O)c3ccccc3)c3ccc(Cl)cc3)cc2C1=O)O[C@H](C(=O)c1ccccc1)c1ccc(Cl)cc1. The minimum atomic E-state index is -1.38. The number of amides is 2. The van der Waals surface area contributed by atoms with Crippen molar-refractivity contribution in [1.29, 1.82) is 0 Å². The number of ketones is 2. The quantitative estimate of drug-likeness (QED) is 0.0785. The van der Waals surface area contributed by atoms with Gasteiger partial charge in [-0.2, -0.15) is 0 Å². The first kappa shape index (κ1) is 34.0. The number of fused-ring (bicyclic) bond motifs is 1. The molecular formula is C39H25Cl2NO8. The number of ether oxygens (including phenoxy) is 2. The number of rotatable bonds is 11. The molecule has 0 unspecified atom stereocenters. The molecule has 0 saturated heterocycles. The van der Waals surface area contributed by atoms with Crippen LogP contribution < -0.4 is 0 Å². The van der Waals surface area contributed by atoms with Crippen LogP contribution in [0.15, 0.2) is 127 Å². The van der Waals surface area contributed by atoms with E-state index in [9.17, 15) is 28.8 Å². The zero-order chi connectivity index (χ0) is 35.4. The van der Waals surface area contributed by atoms with E-state index in [1.165, 1.54) is 42.5 Å². The van der Waals surface area contributed by atoms with Gasteiger partial charge in [0.05, 0.1) is 16.7 Å². The fourth-order valence-corrected chi connectivity index (χ4v) is 5.61. The molecule has 6 rings (SSSR count). The molecule has 0 bridgehead atoms. The Morgan fingerprint density at radius 3 is 1.50 bits per heavy atom. The summed E-state index contributed by atoms with van der Waals surface area (Å²) in [5.74, 6) is -4.61. The van der Waals surface area contributed by atoms with Gasteiger partial charge in [-0.05, 0) is 42.5 Å². The highest BCUT2D eigenvalue weighted by Gasteiger charge is 2.39. The number of carbonyl (C=O) groups excluding carboxylic acids is 6. The van der Waals surface area contributed by atoms with E-state index in [0.717, 1.165) is 0 Å². The molecule has 1 aliphatic rings. The van der Waals surface area contributed by atoms with E-state index in [-0.39, 0.29) is 22.3 Å². The van der Waals surface area contributed by atoms with Gasteiger partial charge in [0.15, 0.2) is 12.2 Å². The van der Waals surface area contributed by atoms with Crippen molar-refractivity contribution in [2.45, 2.75) is 12.2 Å². The summed E-state index contributed by atoms with van der Waals surface area (Å²) < 4.78 is 11.3. The molecule has 0 fully saturated rings. The van der Waals surface area contributed by atoms with Gasteiger partial charge in [-0.15, -0.1) is 0 Å². The van der Waals surface area contributed by atoms with E-state index in [1.807, 2.05) is 0 Å². The second kappa shape index (κ2) is 14.7. The molecule has 5 aromatic rings. The maximum atomic E-state index is 13.4. The van der Waals surface area contributed by atoms with Crippen LogP contribution in [0, 0.1) is 0 Å². The molecule has 2 atom stereocenters. The molecule has 0 N–H and O–H groups in total. The van der Waals surface area contributed by atoms with Crippen LogP contribution in [0.1, 0.15) is 75.1 Å². The number of hydrogen-bond acceptors (Lipinski definition) is 8. The average Bonchev–Trinajstić information content (AvgIpc) is 3.37. The van der Waals surface area contributed by atoms with Gasteiger partial charge in [-0.25, -0.2) is 4.79 Å². The van der Waals surface area contributed by atoms with Crippen LogP contribution in [0.25, 0.3) is 0 Å². The third-order valence-electron chi connectivity index (χ3n) is 7.91. The van der Waals surface area contributed by atoms with Crippen molar-refractivity contribution in [3.63, 3.8) is 0 Å². The summed E-state index contributed by atoms with van der Waals surface area (Å²) in [4.78, 5) is 80.8. The molecule has 0 aromatic heterocycles. The Labute approximate surface area is 296 Å². The first-order valence-electron chi connectivity index (χ1n) is 15.2. The number of Topliss-reactive ketones (excluding diaryl/α,β-unsaturated/α-hetero) is 2. The Balaban J connectivity index is 1.20. The molecule has 0 spiro atoms. The molecule has 11 heteroatoms. The second-order valence-electron chi connectivity index (χ2n) is 11.2. The number of esters is 2. The Bertz CT molecular complexity index is 2120. The van der Waals surface area contributed by atoms with Crippen molar-refractivity contribution in [2.75, 3.05) is 6.54 Å². The first-order chi connectivity index (χ1) is 24.1. The van der Waals surface area contributed by atoms with Crippen molar-refractivity contribution in [3.8, 4) is 0 Å². The Morgan fingerprint density at radius 1 is 0.540 bits per heavy atom. The molecule has 1 heterocycles. The van der Waals surface area contributed by atoms with Gasteiger partial charge >= 0.3 is 11.9 Å². The smallest absolute Gasteiger partial charge is 0.339 e. The summed E-state index contributed by atoms with van der Waals surface area (Å²) in [6.07, 6.45) is -2.72. The fraction of sp³-hybridized carbons (Fsp3) is 0.0769. The lowest BCUT2D eigenvalue weighted by molar-refractivity contribution is -0.147. The number of imide groups is 1. The second-order valence-corrected chi connectivity index (χ2v) is 12.0. The van der Waals surface area contributed by atoms with Gasteiger partial charge in [0.2, 0.25) is 11.6 Å². The van der Waals surface area contributed by atoms with Gasteiger partial charge in [-0.1, -0.05) is 108 Å². The van der Waals surface area contributed by atoms with Crippen molar-refractivity contribution in [1.82, 2.24) is 4.90 Å². The minimum Gasteiger partial charge on any atom is -0.448 e. The summed E-state index contributed by atoms with van der Waals surface area (Å²) in [6, 6.07) is 32.6. The molecule has 0 saturated carbocycles. The summed E-state index contributed by atoms with van der Waals surface area (Å²) in [5.41, 5.74) is 0.991. The van der Waals surface area contributed by atoms with E-state index in [0.29, 0.717) is 31.6 Å². The van der Waals surface area contributed by atoms with Crippen molar-refractivity contribution < 1.29 is 38.2 Å². The highest BCUT2D eigenvalue weighted by Crippen LogP contribution is 2.29. The number of hydrogen-bond donors (Lipinski definition) is 0. The molecule has 50 heavy (non-hydrogen) atoms. The van der Waals surface area contributed by atoms with Crippen LogP contribution in [0.4, 0.5) is 0 Å².